The molecule has 0 spiro atoms. The lowest BCUT2D eigenvalue weighted by molar-refractivity contribution is 0.158. The first-order valence-corrected chi connectivity index (χ1v) is 5.34. The van der Waals surface area contributed by atoms with Crippen LogP contribution >= 0.6 is 0 Å². The molecule has 15 heavy (non-hydrogen) atoms. The summed E-state index contributed by atoms with van der Waals surface area (Å²) in [6.45, 7) is 1.97. The van der Waals surface area contributed by atoms with Crippen LogP contribution in [0.4, 0.5) is 4.39 Å². The summed E-state index contributed by atoms with van der Waals surface area (Å²) in [5.41, 5.74) is 0.881. The van der Waals surface area contributed by atoms with Gasteiger partial charge in [-0.1, -0.05) is 12.1 Å². The van der Waals surface area contributed by atoms with Gasteiger partial charge in [-0.3, -0.25) is 0 Å². The lowest BCUT2D eigenvalue weighted by atomic mass is 9.74. The molecule has 0 atom stereocenters. The molecule has 2 N–H and O–H groups in total. The summed E-state index contributed by atoms with van der Waals surface area (Å²) < 4.78 is 12.8. The minimum absolute atomic E-state index is 0.139. The van der Waals surface area contributed by atoms with Crippen LogP contribution in [0.1, 0.15) is 18.4 Å². The van der Waals surface area contributed by atoms with Crippen LogP contribution in [-0.4, -0.2) is 24.8 Å². The van der Waals surface area contributed by atoms with Crippen LogP contribution < -0.4 is 5.32 Å². The van der Waals surface area contributed by atoms with Crippen LogP contribution in [0.2, 0.25) is 0 Å². The molecule has 0 radical (unpaired) electrons. The molecule has 1 aromatic carbocycles. The van der Waals surface area contributed by atoms with Crippen LogP contribution in [0.15, 0.2) is 24.3 Å². The topological polar surface area (TPSA) is 32.3 Å². The lowest BCUT2D eigenvalue weighted by Gasteiger charge is -2.36. The summed E-state index contributed by atoms with van der Waals surface area (Å²) in [6, 6.07) is 6.51. The second-order valence-corrected chi connectivity index (χ2v) is 4.20. The first-order chi connectivity index (χ1) is 7.27. The summed E-state index contributed by atoms with van der Waals surface area (Å²) in [5, 5.41) is 12.8. The van der Waals surface area contributed by atoms with Gasteiger partial charge in [0.1, 0.15) is 5.82 Å². The van der Waals surface area contributed by atoms with E-state index in [0.29, 0.717) is 0 Å². The van der Waals surface area contributed by atoms with Gasteiger partial charge in [0.05, 0.1) is 6.61 Å². The van der Waals surface area contributed by atoms with Crippen LogP contribution in [-0.2, 0) is 5.41 Å². The van der Waals surface area contributed by atoms with E-state index in [1.165, 1.54) is 12.1 Å². The third-order valence-electron chi connectivity index (χ3n) is 3.32. The van der Waals surface area contributed by atoms with Crippen LogP contribution in [0.5, 0.6) is 0 Å². The minimum Gasteiger partial charge on any atom is -0.395 e. The van der Waals surface area contributed by atoms with Gasteiger partial charge >= 0.3 is 0 Å². The number of benzene rings is 1. The van der Waals surface area contributed by atoms with Gasteiger partial charge in [-0.05, 0) is 43.6 Å². The Morgan fingerprint density at radius 2 is 1.80 bits per heavy atom. The Hall–Kier alpha value is -0.930. The second-order valence-electron chi connectivity index (χ2n) is 4.20. The van der Waals surface area contributed by atoms with Crippen molar-refractivity contribution in [2.45, 2.75) is 18.3 Å². The van der Waals surface area contributed by atoms with Gasteiger partial charge in [0, 0.05) is 5.41 Å². The fraction of sp³-hybridized carbons (Fsp3) is 0.500. The zero-order valence-electron chi connectivity index (χ0n) is 8.67. The van der Waals surface area contributed by atoms with Crippen LogP contribution in [0.3, 0.4) is 0 Å². The first-order valence-electron chi connectivity index (χ1n) is 5.34. The predicted molar refractivity (Wildman–Crippen MR) is 57.3 cm³/mol. The number of hydrogen-bond acceptors (Lipinski definition) is 2. The van der Waals surface area contributed by atoms with Gasteiger partial charge in [-0.25, -0.2) is 4.39 Å². The molecule has 1 fully saturated rings. The van der Waals surface area contributed by atoms with E-state index in [1.54, 1.807) is 12.1 Å². The molecule has 1 heterocycles. The molecule has 0 saturated carbocycles. The van der Waals surface area contributed by atoms with Crippen LogP contribution in [0.25, 0.3) is 0 Å². The smallest absolute Gasteiger partial charge is 0.123 e. The van der Waals surface area contributed by atoms with Gasteiger partial charge in [0.2, 0.25) is 0 Å². The van der Waals surface area contributed by atoms with E-state index in [4.69, 9.17) is 0 Å². The summed E-state index contributed by atoms with van der Waals surface area (Å²) in [7, 11) is 0. The average Bonchev–Trinajstić information content (AvgIpc) is 2.31. The monoisotopic (exact) mass is 209 g/mol. The van der Waals surface area contributed by atoms with Gasteiger partial charge in [-0.2, -0.15) is 0 Å². The molecule has 82 valence electrons. The predicted octanol–water partition coefficient (Wildman–Crippen LogP) is 1.44. The molecule has 2 nitrogen and oxygen atoms in total. The zero-order chi connectivity index (χ0) is 10.7. The Bertz CT molecular complexity index is 317. The minimum atomic E-state index is -0.222. The normalized spacial score (nSPS) is 20.1. The van der Waals surface area contributed by atoms with E-state index in [0.717, 1.165) is 31.5 Å². The Morgan fingerprint density at radius 3 is 2.33 bits per heavy atom. The maximum absolute atomic E-state index is 12.8. The summed E-state index contributed by atoms with van der Waals surface area (Å²) >= 11 is 0. The van der Waals surface area contributed by atoms with E-state index < -0.39 is 0 Å². The van der Waals surface area contributed by atoms with Crippen molar-refractivity contribution < 1.29 is 9.50 Å². The van der Waals surface area contributed by atoms with Crippen LogP contribution in [0, 0.1) is 5.82 Å². The molecule has 1 aliphatic heterocycles. The fourth-order valence-electron chi connectivity index (χ4n) is 2.25. The molecule has 3 heteroatoms. The summed E-state index contributed by atoms with van der Waals surface area (Å²) in [5.74, 6) is -0.222. The molecule has 0 aliphatic carbocycles. The Kier molecular flexibility index (Phi) is 3.03. The van der Waals surface area contributed by atoms with E-state index in [9.17, 15) is 9.50 Å². The fourth-order valence-corrected chi connectivity index (χ4v) is 2.25. The van der Waals surface area contributed by atoms with E-state index >= 15 is 0 Å². The van der Waals surface area contributed by atoms with E-state index in [2.05, 4.69) is 5.32 Å². The maximum Gasteiger partial charge on any atom is 0.123 e. The highest BCUT2D eigenvalue weighted by Crippen LogP contribution is 2.32. The molecule has 0 aromatic heterocycles. The molecular weight excluding hydrogens is 193 g/mol. The number of aliphatic hydroxyl groups is 1. The largest absolute Gasteiger partial charge is 0.395 e. The van der Waals surface area contributed by atoms with E-state index in [-0.39, 0.29) is 17.8 Å². The molecule has 2 rings (SSSR count). The number of nitrogens with one attached hydrogen (secondary N) is 1. The third-order valence-corrected chi connectivity index (χ3v) is 3.32. The Labute approximate surface area is 89.1 Å². The van der Waals surface area contributed by atoms with Crippen molar-refractivity contribution in [2.24, 2.45) is 0 Å². The van der Waals surface area contributed by atoms with Gasteiger partial charge in [0.15, 0.2) is 0 Å². The SMILES string of the molecule is OCC1(c2ccc(F)cc2)CCNCC1. The first kappa shape index (κ1) is 10.6. The number of aliphatic hydroxyl groups excluding tert-OH is 1. The highest BCUT2D eigenvalue weighted by Gasteiger charge is 2.32. The van der Waals surface area contributed by atoms with Crippen molar-refractivity contribution >= 4 is 0 Å². The van der Waals surface area contributed by atoms with Gasteiger partial charge in [-0.15, -0.1) is 0 Å². The number of hydrogen-bond donors (Lipinski definition) is 2. The average molecular weight is 209 g/mol. The van der Waals surface area contributed by atoms with E-state index in [1.807, 2.05) is 0 Å². The highest BCUT2D eigenvalue weighted by molar-refractivity contribution is 5.27. The molecule has 0 amide bonds. The molecule has 1 aromatic rings. The Balaban J connectivity index is 2.28. The Morgan fingerprint density at radius 1 is 1.20 bits per heavy atom. The standard InChI is InChI=1S/C12H16FNO/c13-11-3-1-10(2-4-11)12(9-15)5-7-14-8-6-12/h1-4,14-15H,5-9H2. The van der Waals surface area contributed by atoms with Gasteiger partial charge in [0.25, 0.3) is 0 Å². The van der Waals surface area contributed by atoms with Crippen molar-refractivity contribution in [3.8, 4) is 0 Å². The number of rotatable bonds is 2. The molecule has 0 bridgehead atoms. The summed E-state index contributed by atoms with van der Waals surface area (Å²) in [4.78, 5) is 0. The van der Waals surface area contributed by atoms with Crippen molar-refractivity contribution in [3.63, 3.8) is 0 Å². The number of piperidine rings is 1. The molecular formula is C12H16FNO. The van der Waals surface area contributed by atoms with Crippen molar-refractivity contribution in [3.05, 3.63) is 35.6 Å². The summed E-state index contributed by atoms with van der Waals surface area (Å²) in [6.07, 6.45) is 1.82. The molecule has 0 unspecified atom stereocenters. The zero-order valence-corrected chi connectivity index (χ0v) is 8.67. The molecule has 1 saturated heterocycles. The quantitative estimate of drug-likeness (QED) is 0.772. The number of halogens is 1. The molecule has 1 aliphatic rings. The van der Waals surface area contributed by atoms with Crippen molar-refractivity contribution in [2.75, 3.05) is 19.7 Å². The maximum atomic E-state index is 12.8. The highest BCUT2D eigenvalue weighted by atomic mass is 19.1. The lowest BCUT2D eigenvalue weighted by Crippen LogP contribution is -2.42. The van der Waals surface area contributed by atoms with Crippen molar-refractivity contribution in [1.82, 2.24) is 5.32 Å². The third kappa shape index (κ3) is 2.03. The van der Waals surface area contributed by atoms with Crippen molar-refractivity contribution in [1.29, 1.82) is 0 Å². The second kappa shape index (κ2) is 4.29. The van der Waals surface area contributed by atoms with Gasteiger partial charge < -0.3 is 10.4 Å².